The number of hydrogen-bond acceptors (Lipinski definition) is 4. The highest BCUT2D eigenvalue weighted by atomic mass is 16.5. The number of ether oxygens (including phenoxy) is 1. The van der Waals surface area contributed by atoms with Gasteiger partial charge in [-0.15, -0.1) is 0 Å². The highest BCUT2D eigenvalue weighted by Gasteiger charge is 2.22. The Morgan fingerprint density at radius 1 is 1.17 bits per heavy atom. The second-order valence-corrected chi connectivity index (χ2v) is 5.41. The second kappa shape index (κ2) is 8.01. The van der Waals surface area contributed by atoms with E-state index >= 15 is 0 Å². The number of phenols is 1. The van der Waals surface area contributed by atoms with Crippen LogP contribution in [0.25, 0.3) is 0 Å². The minimum Gasteiger partial charge on any atom is -0.508 e. The number of hydrogen-bond donors (Lipinski definition) is 3. The molecule has 6 heteroatoms. The third-order valence-corrected chi connectivity index (χ3v) is 3.44. The van der Waals surface area contributed by atoms with Gasteiger partial charge in [0.05, 0.1) is 7.11 Å². The predicted molar refractivity (Wildman–Crippen MR) is 90.9 cm³/mol. The van der Waals surface area contributed by atoms with Crippen LogP contribution < -0.4 is 10.6 Å². The van der Waals surface area contributed by atoms with Gasteiger partial charge >= 0.3 is 12.0 Å². The molecule has 2 aromatic carbocycles. The number of esters is 1. The number of anilines is 1. The largest absolute Gasteiger partial charge is 0.508 e. The lowest BCUT2D eigenvalue weighted by Crippen LogP contribution is -2.45. The van der Waals surface area contributed by atoms with Gasteiger partial charge in [0.1, 0.15) is 11.8 Å². The van der Waals surface area contributed by atoms with Crippen molar-refractivity contribution in [2.45, 2.75) is 19.4 Å². The van der Waals surface area contributed by atoms with Crippen molar-refractivity contribution >= 4 is 17.7 Å². The maximum Gasteiger partial charge on any atom is 0.328 e. The molecule has 2 rings (SSSR count). The number of aryl methyl sites for hydroxylation is 1. The van der Waals surface area contributed by atoms with Crippen LogP contribution in [0.5, 0.6) is 5.75 Å². The maximum absolute atomic E-state index is 12.1. The Bertz CT molecular complexity index is 713. The number of carbonyl (C=O) groups excluding carboxylic acids is 2. The fourth-order valence-electron chi connectivity index (χ4n) is 2.25. The summed E-state index contributed by atoms with van der Waals surface area (Å²) < 4.78 is 4.75. The molecule has 0 saturated heterocycles. The third-order valence-electron chi connectivity index (χ3n) is 3.44. The Morgan fingerprint density at radius 2 is 1.88 bits per heavy atom. The monoisotopic (exact) mass is 328 g/mol. The van der Waals surface area contributed by atoms with Gasteiger partial charge in [-0.1, -0.05) is 24.3 Å². The van der Waals surface area contributed by atoms with Gasteiger partial charge in [-0.3, -0.25) is 0 Å². The minimum absolute atomic E-state index is 0.138. The first-order valence-corrected chi connectivity index (χ1v) is 7.48. The molecule has 0 aliphatic heterocycles. The summed E-state index contributed by atoms with van der Waals surface area (Å²) in [6.07, 6.45) is 0.258. The van der Waals surface area contributed by atoms with E-state index in [2.05, 4.69) is 10.6 Å². The van der Waals surface area contributed by atoms with Crippen LogP contribution in [-0.2, 0) is 16.0 Å². The third kappa shape index (κ3) is 5.01. The van der Waals surface area contributed by atoms with Crippen molar-refractivity contribution in [2.75, 3.05) is 12.4 Å². The van der Waals surface area contributed by atoms with E-state index in [-0.39, 0.29) is 12.2 Å². The molecule has 0 spiro atoms. The first kappa shape index (κ1) is 17.3. The summed E-state index contributed by atoms with van der Waals surface area (Å²) in [5.74, 6) is -0.402. The number of nitrogens with one attached hydrogen (secondary N) is 2. The molecule has 0 aliphatic rings. The molecule has 1 unspecified atom stereocenters. The standard InChI is InChI=1S/C18H20N2O4/c1-12-4-3-5-14(10-12)19-18(23)20-16(17(22)24-2)11-13-6-8-15(21)9-7-13/h3-10,16,21H,11H2,1-2H3,(H2,19,20,23). The quantitative estimate of drug-likeness (QED) is 0.736. The summed E-state index contributed by atoms with van der Waals surface area (Å²) in [5, 5.41) is 14.6. The molecule has 3 N–H and O–H groups in total. The number of urea groups is 1. The molecule has 0 radical (unpaired) electrons. The molecular formula is C18H20N2O4. The van der Waals surface area contributed by atoms with E-state index in [1.807, 2.05) is 25.1 Å². The molecule has 0 fully saturated rings. The summed E-state index contributed by atoms with van der Waals surface area (Å²) in [4.78, 5) is 24.0. The van der Waals surface area contributed by atoms with E-state index in [4.69, 9.17) is 4.74 Å². The maximum atomic E-state index is 12.1. The molecule has 0 aliphatic carbocycles. The number of phenolic OH excluding ortho intramolecular Hbond substituents is 1. The van der Waals surface area contributed by atoms with Gasteiger partial charge in [-0.2, -0.15) is 0 Å². The van der Waals surface area contributed by atoms with Gasteiger partial charge in [0, 0.05) is 12.1 Å². The SMILES string of the molecule is COC(=O)C(Cc1ccc(O)cc1)NC(=O)Nc1cccc(C)c1. The lowest BCUT2D eigenvalue weighted by molar-refractivity contribution is -0.142. The summed E-state index contributed by atoms with van der Waals surface area (Å²) in [6, 6.07) is 12.4. The minimum atomic E-state index is -0.829. The van der Waals surface area contributed by atoms with Crippen LogP contribution >= 0.6 is 0 Å². The highest BCUT2D eigenvalue weighted by molar-refractivity contribution is 5.92. The highest BCUT2D eigenvalue weighted by Crippen LogP contribution is 2.13. The van der Waals surface area contributed by atoms with E-state index in [0.717, 1.165) is 11.1 Å². The van der Waals surface area contributed by atoms with Gasteiger partial charge in [0.15, 0.2) is 0 Å². The topological polar surface area (TPSA) is 87.7 Å². The predicted octanol–water partition coefficient (Wildman–Crippen LogP) is 2.61. The number of aromatic hydroxyl groups is 1. The normalized spacial score (nSPS) is 11.4. The Morgan fingerprint density at radius 3 is 2.50 bits per heavy atom. The number of carbonyl (C=O) groups is 2. The van der Waals surface area contributed by atoms with Crippen molar-refractivity contribution < 1.29 is 19.4 Å². The Balaban J connectivity index is 2.03. The van der Waals surface area contributed by atoms with Gasteiger partial charge in [-0.05, 0) is 42.3 Å². The van der Waals surface area contributed by atoms with Crippen molar-refractivity contribution in [3.05, 3.63) is 59.7 Å². The molecule has 2 amide bonds. The van der Waals surface area contributed by atoms with Gasteiger partial charge in [0.2, 0.25) is 0 Å². The second-order valence-electron chi connectivity index (χ2n) is 5.41. The van der Waals surface area contributed by atoms with Gasteiger partial charge < -0.3 is 20.5 Å². The lowest BCUT2D eigenvalue weighted by Gasteiger charge is -2.17. The fraction of sp³-hybridized carbons (Fsp3) is 0.222. The number of benzene rings is 2. The molecule has 2 aromatic rings. The number of rotatable bonds is 5. The Hall–Kier alpha value is -3.02. The molecule has 0 bridgehead atoms. The van der Waals surface area contributed by atoms with Crippen LogP contribution in [-0.4, -0.2) is 30.3 Å². The molecule has 24 heavy (non-hydrogen) atoms. The van der Waals surface area contributed by atoms with Crippen molar-refractivity contribution in [2.24, 2.45) is 0 Å². The molecule has 1 atom stereocenters. The van der Waals surface area contributed by atoms with Crippen LogP contribution in [0.1, 0.15) is 11.1 Å². The molecule has 6 nitrogen and oxygen atoms in total. The fourth-order valence-corrected chi connectivity index (χ4v) is 2.25. The molecular weight excluding hydrogens is 308 g/mol. The number of amides is 2. The van der Waals surface area contributed by atoms with Gasteiger partial charge in [-0.25, -0.2) is 9.59 Å². The Labute approximate surface area is 140 Å². The molecule has 0 aromatic heterocycles. The van der Waals surface area contributed by atoms with E-state index in [0.29, 0.717) is 5.69 Å². The zero-order valence-corrected chi connectivity index (χ0v) is 13.6. The molecule has 126 valence electrons. The Kier molecular flexibility index (Phi) is 5.78. The van der Waals surface area contributed by atoms with Crippen LogP contribution in [0.2, 0.25) is 0 Å². The van der Waals surface area contributed by atoms with Crippen molar-refractivity contribution in [1.29, 1.82) is 0 Å². The summed E-state index contributed by atoms with van der Waals surface area (Å²) in [7, 11) is 1.27. The first-order chi connectivity index (χ1) is 11.5. The first-order valence-electron chi connectivity index (χ1n) is 7.48. The van der Waals surface area contributed by atoms with Crippen LogP contribution in [0, 0.1) is 6.92 Å². The van der Waals surface area contributed by atoms with Crippen molar-refractivity contribution in [1.82, 2.24) is 5.32 Å². The zero-order valence-electron chi connectivity index (χ0n) is 13.6. The molecule has 0 heterocycles. The zero-order chi connectivity index (χ0) is 17.5. The van der Waals surface area contributed by atoms with Crippen LogP contribution in [0.3, 0.4) is 0 Å². The average Bonchev–Trinajstić information content (AvgIpc) is 2.55. The summed E-state index contributed by atoms with van der Waals surface area (Å²) in [5.41, 5.74) is 2.45. The van der Waals surface area contributed by atoms with E-state index in [1.165, 1.54) is 19.2 Å². The number of methoxy groups -OCH3 is 1. The van der Waals surface area contributed by atoms with Gasteiger partial charge in [0.25, 0.3) is 0 Å². The average molecular weight is 328 g/mol. The van der Waals surface area contributed by atoms with E-state index in [1.54, 1.807) is 18.2 Å². The van der Waals surface area contributed by atoms with Crippen LogP contribution in [0.4, 0.5) is 10.5 Å². The van der Waals surface area contributed by atoms with Crippen LogP contribution in [0.15, 0.2) is 48.5 Å². The molecule has 0 saturated carbocycles. The van der Waals surface area contributed by atoms with E-state index < -0.39 is 18.0 Å². The smallest absolute Gasteiger partial charge is 0.328 e. The van der Waals surface area contributed by atoms with Crippen molar-refractivity contribution in [3.8, 4) is 5.75 Å². The lowest BCUT2D eigenvalue weighted by atomic mass is 10.1. The summed E-state index contributed by atoms with van der Waals surface area (Å²) in [6.45, 7) is 1.92. The summed E-state index contributed by atoms with van der Waals surface area (Å²) >= 11 is 0. The van der Waals surface area contributed by atoms with Crippen molar-refractivity contribution in [3.63, 3.8) is 0 Å². The van der Waals surface area contributed by atoms with E-state index in [9.17, 15) is 14.7 Å².